The Kier molecular flexibility index (Phi) is 3.83. The molecule has 1 N–H and O–H groups in total. The van der Waals surface area contributed by atoms with Gasteiger partial charge in [-0.1, -0.05) is 48.5 Å². The first-order chi connectivity index (χ1) is 11.2. The van der Waals surface area contributed by atoms with Crippen LogP contribution in [-0.4, -0.2) is 29.4 Å². The number of nitrogens with one attached hydrogen (secondary N) is 1. The normalized spacial score (nSPS) is 27.0. The quantitative estimate of drug-likeness (QED) is 0.679. The maximum Gasteiger partial charge on any atom is 0.251 e. The molecule has 2 aromatic carbocycles. The van der Waals surface area contributed by atoms with Crippen molar-refractivity contribution in [1.29, 1.82) is 0 Å². The van der Waals surface area contributed by atoms with Crippen molar-refractivity contribution < 1.29 is 4.79 Å². The van der Waals surface area contributed by atoms with Crippen LogP contribution in [0.15, 0.2) is 54.6 Å². The Morgan fingerprint density at radius 2 is 1.83 bits per heavy atom. The van der Waals surface area contributed by atoms with E-state index in [-0.39, 0.29) is 17.3 Å². The Labute approximate surface area is 141 Å². The van der Waals surface area contributed by atoms with Crippen LogP contribution in [0.5, 0.6) is 0 Å². The fourth-order valence-electron chi connectivity index (χ4n) is 3.84. The number of halogens is 1. The third kappa shape index (κ3) is 2.64. The van der Waals surface area contributed by atoms with Gasteiger partial charge in [0.05, 0.1) is 5.50 Å². The number of carbonyl (C=O) groups excluding carboxylic acids is 1. The number of fused-ring (bicyclic) bond motifs is 3. The summed E-state index contributed by atoms with van der Waals surface area (Å²) in [4.78, 5) is 14.6. The molecule has 118 valence electrons. The molecule has 4 heteroatoms. The van der Waals surface area contributed by atoms with Crippen LogP contribution < -0.4 is 5.32 Å². The van der Waals surface area contributed by atoms with Gasteiger partial charge in [-0.25, -0.2) is 0 Å². The minimum Gasteiger partial charge on any atom is -0.352 e. The van der Waals surface area contributed by atoms with Gasteiger partial charge in [0.25, 0.3) is 5.91 Å². The van der Waals surface area contributed by atoms with Gasteiger partial charge in [-0.05, 0) is 23.1 Å². The van der Waals surface area contributed by atoms with Crippen LogP contribution in [0.2, 0.25) is 0 Å². The number of rotatable bonds is 2. The highest BCUT2D eigenvalue weighted by Gasteiger charge is 2.44. The van der Waals surface area contributed by atoms with Crippen molar-refractivity contribution in [3.8, 4) is 0 Å². The first kappa shape index (κ1) is 14.7. The molecule has 1 amide bonds. The average Bonchev–Trinajstić information content (AvgIpc) is 2.81. The fourth-order valence-corrected chi connectivity index (χ4v) is 4.33. The lowest BCUT2D eigenvalue weighted by molar-refractivity contribution is 0.0951. The SMILES string of the molecule is O=C1NC[C@H]2CN(Cc3ccccc3)C(Cl)[C@@H]2c2ccccc21. The first-order valence-corrected chi connectivity index (χ1v) is 8.47. The Hall–Kier alpha value is -1.84. The van der Waals surface area contributed by atoms with Gasteiger partial charge in [0.2, 0.25) is 0 Å². The van der Waals surface area contributed by atoms with Crippen LogP contribution in [0.4, 0.5) is 0 Å². The van der Waals surface area contributed by atoms with Crippen LogP contribution >= 0.6 is 11.6 Å². The topological polar surface area (TPSA) is 32.3 Å². The van der Waals surface area contributed by atoms with E-state index in [0.717, 1.165) is 24.2 Å². The third-order valence-electron chi connectivity index (χ3n) is 4.94. The van der Waals surface area contributed by atoms with Gasteiger partial charge in [-0.2, -0.15) is 0 Å². The Morgan fingerprint density at radius 3 is 2.65 bits per heavy atom. The van der Waals surface area contributed by atoms with Crippen molar-refractivity contribution in [1.82, 2.24) is 10.2 Å². The van der Waals surface area contributed by atoms with Gasteiger partial charge >= 0.3 is 0 Å². The standard InChI is InChI=1S/C19H19ClN2O/c20-18-17-14(12-22(18)11-13-6-2-1-3-7-13)10-21-19(23)16-9-5-4-8-15(16)17/h1-9,14,17-18H,10-12H2,(H,21,23)/t14-,17-,18?/m0/s1. The lowest BCUT2D eigenvalue weighted by Gasteiger charge is -2.23. The van der Waals surface area contributed by atoms with Crippen molar-refractivity contribution >= 4 is 17.5 Å². The van der Waals surface area contributed by atoms with E-state index in [1.165, 1.54) is 5.56 Å². The van der Waals surface area contributed by atoms with Crippen LogP contribution in [0, 0.1) is 5.92 Å². The molecule has 1 unspecified atom stereocenters. The lowest BCUT2D eigenvalue weighted by atomic mass is 9.87. The van der Waals surface area contributed by atoms with Crippen molar-refractivity contribution in [2.45, 2.75) is 18.0 Å². The molecule has 2 heterocycles. The molecule has 4 rings (SSSR count). The van der Waals surface area contributed by atoms with Crippen LogP contribution in [0.1, 0.15) is 27.4 Å². The van der Waals surface area contributed by atoms with E-state index >= 15 is 0 Å². The first-order valence-electron chi connectivity index (χ1n) is 8.03. The van der Waals surface area contributed by atoms with E-state index in [1.54, 1.807) is 0 Å². The number of hydrogen-bond donors (Lipinski definition) is 1. The summed E-state index contributed by atoms with van der Waals surface area (Å²) in [7, 11) is 0. The van der Waals surface area contributed by atoms with Gasteiger partial charge < -0.3 is 5.32 Å². The van der Waals surface area contributed by atoms with Crippen LogP contribution in [0.3, 0.4) is 0 Å². The molecule has 0 spiro atoms. The van der Waals surface area contributed by atoms with Gasteiger partial charge in [0.1, 0.15) is 0 Å². The Balaban J connectivity index is 1.65. The van der Waals surface area contributed by atoms with E-state index in [9.17, 15) is 4.79 Å². The Bertz CT molecular complexity index is 718. The summed E-state index contributed by atoms with van der Waals surface area (Å²) in [6, 6.07) is 18.3. The van der Waals surface area contributed by atoms with E-state index in [4.69, 9.17) is 11.6 Å². The van der Waals surface area contributed by atoms with E-state index in [2.05, 4.69) is 40.5 Å². The van der Waals surface area contributed by atoms with Gasteiger partial charge in [0.15, 0.2) is 0 Å². The molecule has 0 radical (unpaired) electrons. The Morgan fingerprint density at radius 1 is 1.09 bits per heavy atom. The molecule has 3 nitrogen and oxygen atoms in total. The van der Waals surface area contributed by atoms with E-state index in [0.29, 0.717) is 12.5 Å². The lowest BCUT2D eigenvalue weighted by Crippen LogP contribution is -2.30. The summed E-state index contributed by atoms with van der Waals surface area (Å²) in [6.45, 7) is 2.44. The minimum atomic E-state index is -0.0888. The molecule has 0 aliphatic carbocycles. The maximum atomic E-state index is 12.2. The zero-order valence-corrected chi connectivity index (χ0v) is 13.5. The van der Waals surface area contributed by atoms with Gasteiger partial charge in [-0.3, -0.25) is 9.69 Å². The van der Waals surface area contributed by atoms with Gasteiger partial charge in [-0.15, -0.1) is 11.6 Å². The predicted octanol–water partition coefficient (Wildman–Crippen LogP) is 3.21. The molecule has 0 bridgehead atoms. The predicted molar refractivity (Wildman–Crippen MR) is 91.5 cm³/mol. The molecule has 1 saturated heterocycles. The summed E-state index contributed by atoms with van der Waals surface area (Å²) in [6.07, 6.45) is 0. The highest BCUT2D eigenvalue weighted by Crippen LogP contribution is 2.42. The number of benzene rings is 2. The monoisotopic (exact) mass is 326 g/mol. The number of alkyl halides is 1. The molecule has 0 saturated carbocycles. The van der Waals surface area contributed by atoms with Crippen LogP contribution in [0.25, 0.3) is 0 Å². The molecule has 2 aromatic rings. The molecule has 2 aliphatic rings. The second-order valence-corrected chi connectivity index (χ2v) is 6.82. The summed E-state index contributed by atoms with van der Waals surface area (Å²) < 4.78 is 0. The molecule has 0 aromatic heterocycles. The summed E-state index contributed by atoms with van der Waals surface area (Å²) in [5.74, 6) is 0.567. The van der Waals surface area contributed by atoms with Crippen molar-refractivity contribution in [2.24, 2.45) is 5.92 Å². The molecule has 2 aliphatic heterocycles. The molecular formula is C19H19ClN2O. The van der Waals surface area contributed by atoms with E-state index in [1.807, 2.05) is 24.3 Å². The highest BCUT2D eigenvalue weighted by atomic mass is 35.5. The molecule has 3 atom stereocenters. The molecule has 1 fully saturated rings. The average molecular weight is 327 g/mol. The highest BCUT2D eigenvalue weighted by molar-refractivity contribution is 6.21. The summed E-state index contributed by atoms with van der Waals surface area (Å²) >= 11 is 6.84. The smallest absolute Gasteiger partial charge is 0.251 e. The third-order valence-corrected chi connectivity index (χ3v) is 5.49. The summed E-state index contributed by atoms with van der Waals surface area (Å²) in [5, 5.41) is 3.05. The fraction of sp³-hybridized carbons (Fsp3) is 0.316. The molecule has 23 heavy (non-hydrogen) atoms. The second-order valence-electron chi connectivity index (χ2n) is 6.37. The van der Waals surface area contributed by atoms with E-state index < -0.39 is 0 Å². The second kappa shape index (κ2) is 5.99. The van der Waals surface area contributed by atoms with Crippen molar-refractivity contribution in [2.75, 3.05) is 13.1 Å². The van der Waals surface area contributed by atoms with Crippen molar-refractivity contribution in [3.63, 3.8) is 0 Å². The number of carbonyl (C=O) groups is 1. The zero-order valence-electron chi connectivity index (χ0n) is 12.8. The van der Waals surface area contributed by atoms with Crippen LogP contribution in [-0.2, 0) is 6.54 Å². The largest absolute Gasteiger partial charge is 0.352 e. The van der Waals surface area contributed by atoms with Crippen molar-refractivity contribution in [3.05, 3.63) is 71.3 Å². The summed E-state index contributed by atoms with van der Waals surface area (Å²) in [5.41, 5.74) is 3.04. The number of nitrogens with zero attached hydrogens (tertiary/aromatic N) is 1. The number of amides is 1. The molecular weight excluding hydrogens is 308 g/mol. The van der Waals surface area contributed by atoms with Gasteiger partial charge in [0, 0.05) is 31.1 Å². The zero-order chi connectivity index (χ0) is 15.8. The minimum absolute atomic E-state index is 0.0217. The maximum absolute atomic E-state index is 12.2. The number of hydrogen-bond acceptors (Lipinski definition) is 2. The number of likely N-dealkylation sites (tertiary alicyclic amines) is 1.